The summed E-state index contributed by atoms with van der Waals surface area (Å²) in [5.41, 5.74) is 6.37. The van der Waals surface area contributed by atoms with Crippen molar-refractivity contribution in [2.45, 2.75) is 12.5 Å². The fraction of sp³-hybridized carbons (Fsp3) is 0.360. The number of rotatable bonds is 7. The minimum absolute atomic E-state index is 0.0549. The molecule has 4 N–H and O–H groups in total. The third-order valence-electron chi connectivity index (χ3n) is 6.92. The third-order valence-corrected chi connectivity index (χ3v) is 7.23. The van der Waals surface area contributed by atoms with Crippen LogP contribution >= 0.6 is 11.6 Å². The van der Waals surface area contributed by atoms with Gasteiger partial charge in [0.2, 0.25) is 5.95 Å². The molecular formula is C25H27ClFN7O3. The molecule has 2 aromatic carbocycles. The maximum atomic E-state index is 14.2. The minimum Gasteiger partial charge on any atom is -0.373 e. The first-order chi connectivity index (χ1) is 17.9. The third kappa shape index (κ3) is 5.67. The number of carbonyl (C=O) groups excluding carboxylic acids is 2. The van der Waals surface area contributed by atoms with Gasteiger partial charge in [0, 0.05) is 32.7 Å². The Hall–Kier alpha value is -3.70. The van der Waals surface area contributed by atoms with Gasteiger partial charge < -0.3 is 25.6 Å². The smallest absolute Gasteiger partial charge is 0.373 e. The number of aromatic nitrogens is 3. The van der Waals surface area contributed by atoms with Crippen LogP contribution in [0.15, 0.2) is 48.5 Å². The van der Waals surface area contributed by atoms with Gasteiger partial charge in [0.15, 0.2) is 0 Å². The van der Waals surface area contributed by atoms with Crippen molar-refractivity contribution in [2.24, 2.45) is 11.8 Å². The van der Waals surface area contributed by atoms with Crippen LogP contribution in [0, 0.1) is 17.7 Å². The lowest BCUT2D eigenvalue weighted by atomic mass is 10.0. The molecule has 2 unspecified atom stereocenters. The van der Waals surface area contributed by atoms with E-state index in [9.17, 15) is 14.0 Å². The first kappa shape index (κ1) is 25.0. The number of hydrogen-bond donors (Lipinski definition) is 3. The summed E-state index contributed by atoms with van der Waals surface area (Å²) in [5, 5.41) is 9.16. The molecule has 0 radical (unpaired) electrons. The summed E-state index contributed by atoms with van der Waals surface area (Å²) in [5.74, 6) is -0.290. The van der Waals surface area contributed by atoms with Gasteiger partial charge in [-0.2, -0.15) is 4.98 Å². The van der Waals surface area contributed by atoms with Crippen LogP contribution < -0.4 is 15.8 Å². The topological polar surface area (TPSA) is 129 Å². The highest BCUT2D eigenvalue weighted by molar-refractivity contribution is 6.33. The molecule has 2 amide bonds. The number of nitrogen functional groups attached to an aromatic ring is 1. The van der Waals surface area contributed by atoms with Crippen molar-refractivity contribution in [3.63, 3.8) is 0 Å². The van der Waals surface area contributed by atoms with Gasteiger partial charge in [-0.1, -0.05) is 48.0 Å². The van der Waals surface area contributed by atoms with E-state index in [1.54, 1.807) is 4.90 Å². The molecular weight excluding hydrogens is 501 g/mol. The van der Waals surface area contributed by atoms with E-state index in [1.165, 1.54) is 18.2 Å². The molecule has 5 rings (SSSR count). The van der Waals surface area contributed by atoms with Gasteiger partial charge in [-0.05, 0) is 36.0 Å². The van der Waals surface area contributed by atoms with Crippen molar-refractivity contribution in [3.05, 3.63) is 70.5 Å². The highest BCUT2D eigenvalue weighted by Crippen LogP contribution is 2.33. The van der Waals surface area contributed by atoms with Crippen molar-refractivity contribution in [1.82, 2.24) is 30.3 Å². The van der Waals surface area contributed by atoms with Crippen molar-refractivity contribution >= 4 is 29.5 Å². The molecule has 3 heterocycles. The molecule has 194 valence electrons. The Bertz CT molecular complexity index is 1240. The van der Waals surface area contributed by atoms with Crippen LogP contribution in [-0.2, 0) is 0 Å². The quantitative estimate of drug-likeness (QED) is 0.430. The van der Waals surface area contributed by atoms with Crippen LogP contribution in [0.4, 0.5) is 15.1 Å². The molecule has 12 heteroatoms. The van der Waals surface area contributed by atoms with E-state index >= 15 is 0 Å². The van der Waals surface area contributed by atoms with Crippen molar-refractivity contribution < 1.29 is 18.7 Å². The van der Waals surface area contributed by atoms with Crippen molar-refractivity contribution in [1.29, 1.82) is 0 Å². The van der Waals surface area contributed by atoms with E-state index in [4.69, 9.17) is 22.1 Å². The van der Waals surface area contributed by atoms with Crippen LogP contribution in [0.1, 0.15) is 28.4 Å². The Morgan fingerprint density at radius 3 is 2.51 bits per heavy atom. The predicted molar refractivity (Wildman–Crippen MR) is 134 cm³/mol. The number of H-pyrrole nitrogens is 1. The van der Waals surface area contributed by atoms with E-state index in [1.807, 2.05) is 30.3 Å². The first-order valence-corrected chi connectivity index (χ1v) is 12.4. The number of anilines is 1. The molecule has 2 fully saturated rings. The second-order valence-electron chi connectivity index (χ2n) is 9.38. The number of amides is 2. The van der Waals surface area contributed by atoms with Crippen LogP contribution in [0.2, 0.25) is 5.02 Å². The molecule has 2 aliphatic rings. The number of carbonyl (C=O) groups is 2. The summed E-state index contributed by atoms with van der Waals surface area (Å²) < 4.78 is 19.4. The minimum atomic E-state index is -0.674. The van der Waals surface area contributed by atoms with Gasteiger partial charge in [0.1, 0.15) is 5.82 Å². The lowest BCUT2D eigenvalue weighted by Crippen LogP contribution is -2.36. The van der Waals surface area contributed by atoms with Gasteiger partial charge in [-0.25, -0.2) is 14.3 Å². The van der Waals surface area contributed by atoms with E-state index < -0.39 is 11.9 Å². The van der Waals surface area contributed by atoms with E-state index in [-0.39, 0.29) is 34.5 Å². The van der Waals surface area contributed by atoms with Crippen molar-refractivity contribution in [3.8, 4) is 6.01 Å². The molecule has 0 spiro atoms. The van der Waals surface area contributed by atoms with E-state index in [0.717, 1.165) is 25.2 Å². The average Bonchev–Trinajstić information content (AvgIpc) is 3.57. The Morgan fingerprint density at radius 1 is 1.14 bits per heavy atom. The molecule has 0 saturated carbocycles. The first-order valence-electron chi connectivity index (χ1n) is 12.0. The lowest BCUT2D eigenvalue weighted by Gasteiger charge is -2.24. The van der Waals surface area contributed by atoms with E-state index in [2.05, 4.69) is 25.4 Å². The molecule has 1 aromatic heterocycles. The Morgan fingerprint density at radius 2 is 1.86 bits per heavy atom. The second-order valence-corrected chi connectivity index (χ2v) is 9.78. The highest BCUT2D eigenvalue weighted by Gasteiger charge is 2.42. The molecule has 0 aliphatic carbocycles. The van der Waals surface area contributed by atoms with Crippen LogP contribution in [0.25, 0.3) is 0 Å². The zero-order chi connectivity index (χ0) is 25.9. The standard InChI is InChI=1S/C25H27ClFN7O3/c26-18-7-4-8-19(27)21(18)22(35)34-13-16-11-33(12-17(16)14-34)10-9-20(15-5-2-1-3-6-15)29-25(36)37-24-30-23(28)31-32-24/h1-8,16-17,20H,9-14H2,(H,29,36)(H3,28,30,31,32)/t16-,17?,20?/m0/s1. The van der Waals surface area contributed by atoms with Gasteiger partial charge >= 0.3 is 12.1 Å². The molecule has 10 nitrogen and oxygen atoms in total. The molecule has 2 saturated heterocycles. The predicted octanol–water partition coefficient (Wildman–Crippen LogP) is 3.10. The summed E-state index contributed by atoms with van der Waals surface area (Å²) in [6.45, 7) is 3.52. The zero-order valence-corrected chi connectivity index (χ0v) is 20.7. The molecule has 2 aliphatic heterocycles. The Balaban J connectivity index is 1.16. The lowest BCUT2D eigenvalue weighted by molar-refractivity contribution is 0.0769. The number of halogens is 2. The fourth-order valence-electron chi connectivity index (χ4n) is 5.18. The summed E-state index contributed by atoms with van der Waals surface area (Å²) in [6.07, 6.45) is -0.0191. The Labute approximate surface area is 217 Å². The molecule has 3 aromatic rings. The number of benzene rings is 2. The molecule has 3 atom stereocenters. The maximum Gasteiger partial charge on any atom is 0.415 e. The summed E-state index contributed by atoms with van der Waals surface area (Å²) >= 11 is 6.10. The fourth-order valence-corrected chi connectivity index (χ4v) is 5.42. The maximum absolute atomic E-state index is 14.2. The van der Waals surface area contributed by atoms with Gasteiger partial charge in [-0.3, -0.25) is 4.79 Å². The number of nitrogens with zero attached hydrogens (tertiary/aromatic N) is 4. The molecule has 0 bridgehead atoms. The summed E-state index contributed by atoms with van der Waals surface area (Å²) in [4.78, 5) is 33.2. The van der Waals surface area contributed by atoms with Crippen LogP contribution in [0.5, 0.6) is 6.01 Å². The summed E-state index contributed by atoms with van der Waals surface area (Å²) in [7, 11) is 0. The number of fused-ring (bicyclic) bond motifs is 1. The Kier molecular flexibility index (Phi) is 7.24. The van der Waals surface area contributed by atoms with Gasteiger partial charge in [0.05, 0.1) is 16.6 Å². The van der Waals surface area contributed by atoms with Crippen LogP contribution in [-0.4, -0.2) is 69.7 Å². The number of nitrogens with one attached hydrogen (secondary N) is 2. The number of aromatic amines is 1. The van der Waals surface area contributed by atoms with Gasteiger partial charge in [-0.15, -0.1) is 5.10 Å². The monoisotopic (exact) mass is 527 g/mol. The van der Waals surface area contributed by atoms with E-state index in [0.29, 0.717) is 31.3 Å². The normalized spacial score (nSPS) is 20.0. The number of nitrogens with two attached hydrogens (primary N) is 1. The number of hydrogen-bond acceptors (Lipinski definition) is 7. The number of ether oxygens (including phenoxy) is 1. The van der Waals surface area contributed by atoms with Crippen molar-refractivity contribution in [2.75, 3.05) is 38.5 Å². The average molecular weight is 528 g/mol. The molecule has 37 heavy (non-hydrogen) atoms. The van der Waals surface area contributed by atoms with Gasteiger partial charge in [0.25, 0.3) is 5.91 Å². The largest absolute Gasteiger partial charge is 0.415 e. The highest BCUT2D eigenvalue weighted by atomic mass is 35.5. The van der Waals surface area contributed by atoms with Crippen LogP contribution in [0.3, 0.4) is 0 Å². The number of likely N-dealkylation sites (tertiary alicyclic amines) is 2. The summed E-state index contributed by atoms with van der Waals surface area (Å²) in [6, 6.07) is 13.5. The second kappa shape index (κ2) is 10.7. The SMILES string of the molecule is Nc1nc(OC(=O)NC(CCN2CC3CN(C(=O)c4c(F)cccc4Cl)C[C@@H]3C2)c2ccccc2)n[nH]1. The zero-order valence-electron chi connectivity index (χ0n) is 19.9.